The number of hydrogen-bond donors (Lipinski definition) is 1. The smallest absolute Gasteiger partial charge is 0.234 e. The van der Waals surface area contributed by atoms with Crippen molar-refractivity contribution in [3.8, 4) is 0 Å². The van der Waals surface area contributed by atoms with E-state index >= 15 is 0 Å². The molecular formula is C16H20N2O4S2. The van der Waals surface area contributed by atoms with Crippen LogP contribution in [0.15, 0.2) is 24.3 Å². The molecule has 2 fully saturated rings. The molecule has 0 bridgehead atoms. The number of carbonyl (C=O) groups is 2. The Labute approximate surface area is 145 Å². The summed E-state index contributed by atoms with van der Waals surface area (Å²) in [6, 6.07) is 7.22. The highest BCUT2D eigenvalue weighted by molar-refractivity contribution is 8.02. The van der Waals surface area contributed by atoms with E-state index in [-0.39, 0.29) is 34.3 Å². The van der Waals surface area contributed by atoms with E-state index in [0.717, 1.165) is 18.7 Å². The van der Waals surface area contributed by atoms with Gasteiger partial charge in [-0.3, -0.25) is 9.59 Å². The van der Waals surface area contributed by atoms with Gasteiger partial charge in [0.1, 0.15) is 0 Å². The van der Waals surface area contributed by atoms with Gasteiger partial charge in [0.2, 0.25) is 11.8 Å². The number of anilines is 2. The Balaban J connectivity index is 1.49. The van der Waals surface area contributed by atoms with Crippen LogP contribution in [0.5, 0.6) is 0 Å². The van der Waals surface area contributed by atoms with Crippen LogP contribution in [0.2, 0.25) is 0 Å². The van der Waals surface area contributed by atoms with Crippen molar-refractivity contribution in [1.29, 1.82) is 0 Å². The second-order valence-corrected chi connectivity index (χ2v) is 9.60. The van der Waals surface area contributed by atoms with E-state index in [1.54, 1.807) is 17.0 Å². The lowest BCUT2D eigenvalue weighted by Gasteiger charge is -2.16. The van der Waals surface area contributed by atoms with Gasteiger partial charge in [0.25, 0.3) is 0 Å². The van der Waals surface area contributed by atoms with Crippen LogP contribution in [-0.4, -0.2) is 49.3 Å². The number of sulfone groups is 1. The first-order valence-corrected chi connectivity index (χ1v) is 10.8. The van der Waals surface area contributed by atoms with E-state index in [1.807, 2.05) is 12.1 Å². The number of nitrogens with zero attached hydrogens (tertiary/aromatic N) is 1. The monoisotopic (exact) mass is 368 g/mol. The van der Waals surface area contributed by atoms with E-state index in [4.69, 9.17) is 0 Å². The quantitative estimate of drug-likeness (QED) is 0.855. The summed E-state index contributed by atoms with van der Waals surface area (Å²) in [7, 11) is -2.90. The molecule has 0 saturated carbocycles. The highest BCUT2D eigenvalue weighted by Gasteiger charge is 2.28. The molecule has 0 spiro atoms. The highest BCUT2D eigenvalue weighted by Crippen LogP contribution is 2.25. The van der Waals surface area contributed by atoms with Crippen LogP contribution >= 0.6 is 11.8 Å². The summed E-state index contributed by atoms with van der Waals surface area (Å²) in [4.78, 5) is 25.4. The lowest BCUT2D eigenvalue weighted by Crippen LogP contribution is -2.23. The number of carbonyl (C=O) groups excluding carboxylic acids is 2. The maximum atomic E-state index is 12.0. The van der Waals surface area contributed by atoms with E-state index in [2.05, 4.69) is 5.32 Å². The fourth-order valence-electron chi connectivity index (χ4n) is 2.93. The maximum absolute atomic E-state index is 12.0. The summed E-state index contributed by atoms with van der Waals surface area (Å²) in [6.07, 6.45) is 2.09. The van der Waals surface area contributed by atoms with Gasteiger partial charge in [-0.15, -0.1) is 11.8 Å². The third kappa shape index (κ3) is 4.30. The standard InChI is InChI=1S/C16H20N2O4S2/c19-15(10-23-14-7-9-24(21,22)11-14)17-12-3-5-13(6-4-12)18-8-1-2-16(18)20/h3-6,14H,1-2,7-11H2,(H,17,19)/t14-/m0/s1. The minimum absolute atomic E-state index is 0.0179. The first-order chi connectivity index (χ1) is 11.4. The fourth-order valence-corrected chi connectivity index (χ4v) is 6.37. The molecule has 0 radical (unpaired) electrons. The Kier molecular flexibility index (Phi) is 5.15. The van der Waals surface area contributed by atoms with E-state index in [1.165, 1.54) is 11.8 Å². The van der Waals surface area contributed by atoms with Gasteiger partial charge in [0, 0.05) is 29.6 Å². The fraction of sp³-hybridized carbons (Fsp3) is 0.500. The molecule has 1 N–H and O–H groups in total. The van der Waals surface area contributed by atoms with Crippen molar-refractivity contribution in [1.82, 2.24) is 0 Å². The van der Waals surface area contributed by atoms with Gasteiger partial charge in [-0.1, -0.05) is 0 Å². The number of benzene rings is 1. The molecule has 0 aliphatic carbocycles. The van der Waals surface area contributed by atoms with Gasteiger partial charge in [0.15, 0.2) is 9.84 Å². The second-order valence-electron chi connectivity index (χ2n) is 6.08. The molecule has 2 amide bonds. The average Bonchev–Trinajstić information content (AvgIpc) is 3.11. The van der Waals surface area contributed by atoms with Crippen LogP contribution in [0.4, 0.5) is 11.4 Å². The van der Waals surface area contributed by atoms with Crippen LogP contribution in [0.25, 0.3) is 0 Å². The Morgan fingerprint density at radius 1 is 1.29 bits per heavy atom. The van der Waals surface area contributed by atoms with Gasteiger partial charge in [-0.25, -0.2) is 8.42 Å². The Hall–Kier alpha value is -1.54. The van der Waals surface area contributed by atoms with Crippen molar-refractivity contribution < 1.29 is 18.0 Å². The molecular weight excluding hydrogens is 348 g/mol. The Morgan fingerprint density at radius 3 is 2.62 bits per heavy atom. The maximum Gasteiger partial charge on any atom is 0.234 e. The summed E-state index contributed by atoms with van der Waals surface area (Å²) < 4.78 is 22.8. The highest BCUT2D eigenvalue weighted by atomic mass is 32.2. The molecule has 6 nitrogen and oxygen atoms in total. The molecule has 1 aromatic carbocycles. The summed E-state index contributed by atoms with van der Waals surface area (Å²) in [5.74, 6) is 0.628. The lowest BCUT2D eigenvalue weighted by atomic mass is 10.2. The van der Waals surface area contributed by atoms with Gasteiger partial charge in [-0.2, -0.15) is 0 Å². The number of thioether (sulfide) groups is 1. The SMILES string of the molecule is O=C(CS[C@H]1CCS(=O)(=O)C1)Nc1ccc(N2CCCC2=O)cc1. The van der Waals surface area contributed by atoms with Crippen molar-refractivity contribution in [3.63, 3.8) is 0 Å². The van der Waals surface area contributed by atoms with Gasteiger partial charge >= 0.3 is 0 Å². The van der Waals surface area contributed by atoms with Crippen molar-refractivity contribution in [2.24, 2.45) is 0 Å². The summed E-state index contributed by atoms with van der Waals surface area (Å²) in [5, 5.41) is 2.82. The van der Waals surface area contributed by atoms with Crippen LogP contribution in [-0.2, 0) is 19.4 Å². The van der Waals surface area contributed by atoms with Crippen molar-refractivity contribution in [3.05, 3.63) is 24.3 Å². The molecule has 2 heterocycles. The van der Waals surface area contributed by atoms with Crippen LogP contribution in [0.3, 0.4) is 0 Å². The zero-order valence-corrected chi connectivity index (χ0v) is 14.9. The molecule has 8 heteroatoms. The largest absolute Gasteiger partial charge is 0.325 e. The molecule has 2 aliphatic heterocycles. The summed E-state index contributed by atoms with van der Waals surface area (Å²) in [6.45, 7) is 0.742. The summed E-state index contributed by atoms with van der Waals surface area (Å²) >= 11 is 1.39. The molecule has 0 unspecified atom stereocenters. The van der Waals surface area contributed by atoms with E-state index in [0.29, 0.717) is 18.5 Å². The number of hydrogen-bond acceptors (Lipinski definition) is 5. The Bertz CT molecular complexity index is 731. The molecule has 0 aromatic heterocycles. The van der Waals surface area contributed by atoms with Gasteiger partial charge in [0.05, 0.1) is 17.3 Å². The zero-order valence-electron chi connectivity index (χ0n) is 13.2. The third-order valence-electron chi connectivity index (χ3n) is 4.18. The van der Waals surface area contributed by atoms with Crippen LogP contribution < -0.4 is 10.2 Å². The Morgan fingerprint density at radius 2 is 2.04 bits per heavy atom. The average molecular weight is 368 g/mol. The topological polar surface area (TPSA) is 83.6 Å². The minimum atomic E-state index is -2.90. The minimum Gasteiger partial charge on any atom is -0.325 e. The number of nitrogens with one attached hydrogen (secondary N) is 1. The van der Waals surface area contributed by atoms with Crippen molar-refractivity contribution >= 4 is 44.8 Å². The predicted octanol–water partition coefficient (Wildman–Crippen LogP) is 1.67. The molecule has 3 rings (SSSR count). The first kappa shape index (κ1) is 17.3. The van der Waals surface area contributed by atoms with Crippen LogP contribution in [0, 0.1) is 0 Å². The first-order valence-electron chi connectivity index (χ1n) is 7.95. The van der Waals surface area contributed by atoms with E-state index < -0.39 is 9.84 Å². The molecule has 24 heavy (non-hydrogen) atoms. The van der Waals surface area contributed by atoms with E-state index in [9.17, 15) is 18.0 Å². The summed E-state index contributed by atoms with van der Waals surface area (Å²) in [5.41, 5.74) is 1.52. The van der Waals surface area contributed by atoms with Gasteiger partial charge < -0.3 is 10.2 Å². The molecule has 2 aliphatic rings. The lowest BCUT2D eigenvalue weighted by molar-refractivity contribution is -0.117. The molecule has 1 atom stereocenters. The van der Waals surface area contributed by atoms with Crippen molar-refractivity contribution in [2.45, 2.75) is 24.5 Å². The normalized spacial score (nSPS) is 22.8. The predicted molar refractivity (Wildman–Crippen MR) is 96.2 cm³/mol. The number of amides is 2. The zero-order chi connectivity index (χ0) is 17.2. The van der Waals surface area contributed by atoms with Crippen molar-refractivity contribution in [2.75, 3.05) is 34.0 Å². The third-order valence-corrected chi connectivity index (χ3v) is 7.46. The molecule has 1 aromatic rings. The van der Waals surface area contributed by atoms with Crippen LogP contribution in [0.1, 0.15) is 19.3 Å². The second kappa shape index (κ2) is 7.14. The number of rotatable bonds is 5. The molecule has 130 valence electrons. The molecule has 2 saturated heterocycles. The van der Waals surface area contributed by atoms with Gasteiger partial charge in [-0.05, 0) is 37.1 Å².